The monoisotopic (exact) mass is 233 g/mol. The predicted molar refractivity (Wildman–Crippen MR) is 50.3 cm³/mol. The molecule has 5 nitrogen and oxygen atoms in total. The first-order valence-electron chi connectivity index (χ1n) is 3.91. The van der Waals surface area contributed by atoms with Crippen molar-refractivity contribution in [2.75, 3.05) is 0 Å². The van der Waals surface area contributed by atoms with Gasteiger partial charge in [-0.25, -0.2) is 8.42 Å². The average Bonchev–Trinajstić information content (AvgIpc) is 2.47. The fourth-order valence-corrected chi connectivity index (χ4v) is 2.32. The molecule has 0 aliphatic rings. The molecule has 0 saturated carbocycles. The van der Waals surface area contributed by atoms with Gasteiger partial charge in [-0.2, -0.15) is 10.4 Å². The summed E-state index contributed by atoms with van der Waals surface area (Å²) < 4.78 is 23.5. The second kappa shape index (κ2) is 3.98. The summed E-state index contributed by atoms with van der Waals surface area (Å²) in [5, 5.41) is 12.2. The van der Waals surface area contributed by atoms with Gasteiger partial charge < -0.3 is 0 Å². The molecule has 1 heterocycles. The van der Waals surface area contributed by atoms with Gasteiger partial charge in [-0.1, -0.05) is 6.92 Å². The van der Waals surface area contributed by atoms with Gasteiger partial charge >= 0.3 is 0 Å². The van der Waals surface area contributed by atoms with Gasteiger partial charge in [0, 0.05) is 17.2 Å². The number of hydrogen-bond donors (Lipinski definition) is 0. The van der Waals surface area contributed by atoms with Gasteiger partial charge in [0.2, 0.25) is 0 Å². The van der Waals surface area contributed by atoms with Crippen molar-refractivity contribution in [3.8, 4) is 6.07 Å². The lowest BCUT2D eigenvalue weighted by molar-refractivity contribution is 0.536. The lowest BCUT2D eigenvalue weighted by atomic mass is 10.4. The lowest BCUT2D eigenvalue weighted by Crippen LogP contribution is -2.07. The summed E-state index contributed by atoms with van der Waals surface area (Å²) in [6.45, 7) is 2.29. The summed E-state index contributed by atoms with van der Waals surface area (Å²) in [5.41, 5.74) is -0.0200. The van der Waals surface area contributed by atoms with Crippen LogP contribution in [0.2, 0.25) is 0 Å². The first-order chi connectivity index (χ1) is 6.50. The molecular weight excluding hydrogens is 226 g/mol. The van der Waals surface area contributed by atoms with Crippen molar-refractivity contribution in [3.05, 3.63) is 11.8 Å². The van der Waals surface area contributed by atoms with Crippen LogP contribution in [0.25, 0.3) is 0 Å². The van der Waals surface area contributed by atoms with Crippen LogP contribution >= 0.6 is 10.7 Å². The van der Waals surface area contributed by atoms with Crippen LogP contribution in [0.5, 0.6) is 0 Å². The predicted octanol–water partition coefficient (Wildman–Crippen LogP) is 1.09. The van der Waals surface area contributed by atoms with Gasteiger partial charge in [0.15, 0.2) is 5.03 Å². The van der Waals surface area contributed by atoms with E-state index in [1.54, 1.807) is 6.07 Å². The van der Waals surface area contributed by atoms with Crippen LogP contribution in [0.1, 0.15) is 18.9 Å². The van der Waals surface area contributed by atoms with Crippen molar-refractivity contribution < 1.29 is 8.42 Å². The molecule has 76 valence electrons. The number of rotatable bonds is 3. The maximum atomic E-state index is 11.1. The average molecular weight is 234 g/mol. The zero-order valence-electron chi connectivity index (χ0n) is 7.44. The molecule has 0 saturated heterocycles. The number of nitrogens with zero attached hydrogens (tertiary/aromatic N) is 3. The standard InChI is InChI=1S/C7H8ClN3O2S/c1-2-3-11-7(14(8,12)13)6(4-9)5-10-11/h5H,2-3H2,1H3. The summed E-state index contributed by atoms with van der Waals surface area (Å²) in [7, 11) is 1.28. The van der Waals surface area contributed by atoms with Gasteiger partial charge in [0.25, 0.3) is 9.05 Å². The van der Waals surface area contributed by atoms with E-state index < -0.39 is 9.05 Å². The minimum Gasteiger partial charge on any atom is -0.252 e. The van der Waals surface area contributed by atoms with Crippen LogP contribution in [0.15, 0.2) is 11.2 Å². The number of hydrogen-bond acceptors (Lipinski definition) is 4. The van der Waals surface area contributed by atoms with Crippen LogP contribution in [0.4, 0.5) is 0 Å². The molecule has 0 aromatic carbocycles. The Balaban J connectivity index is 3.36. The Bertz CT molecular complexity index is 472. The van der Waals surface area contributed by atoms with E-state index in [4.69, 9.17) is 15.9 Å². The van der Waals surface area contributed by atoms with Gasteiger partial charge in [-0.3, -0.25) is 4.68 Å². The third-order valence-electron chi connectivity index (χ3n) is 1.58. The Kier molecular flexibility index (Phi) is 3.13. The minimum absolute atomic E-state index is 0.0200. The highest BCUT2D eigenvalue weighted by Crippen LogP contribution is 2.19. The van der Waals surface area contributed by atoms with Gasteiger partial charge in [0.1, 0.15) is 11.6 Å². The van der Waals surface area contributed by atoms with Gasteiger partial charge in [-0.05, 0) is 6.42 Å². The summed E-state index contributed by atoms with van der Waals surface area (Å²) in [6.07, 6.45) is 1.91. The molecule has 1 aromatic heterocycles. The number of aryl methyl sites for hydroxylation is 1. The van der Waals surface area contributed by atoms with E-state index in [0.717, 1.165) is 0 Å². The molecule has 1 rings (SSSR count). The largest absolute Gasteiger partial charge is 0.279 e. The molecule has 0 N–H and O–H groups in total. The first kappa shape index (κ1) is 11.0. The van der Waals surface area contributed by atoms with Crippen molar-refractivity contribution >= 4 is 19.7 Å². The highest BCUT2D eigenvalue weighted by Gasteiger charge is 2.22. The second-order valence-electron chi connectivity index (χ2n) is 2.64. The van der Waals surface area contributed by atoms with Crippen LogP contribution in [-0.4, -0.2) is 18.2 Å². The van der Waals surface area contributed by atoms with E-state index in [2.05, 4.69) is 5.10 Å². The molecule has 14 heavy (non-hydrogen) atoms. The van der Waals surface area contributed by atoms with E-state index in [-0.39, 0.29) is 10.6 Å². The Labute approximate surface area is 86.3 Å². The van der Waals surface area contributed by atoms with E-state index in [9.17, 15) is 8.42 Å². The van der Waals surface area contributed by atoms with Crippen molar-refractivity contribution in [1.82, 2.24) is 9.78 Å². The Morgan fingerprint density at radius 2 is 2.36 bits per heavy atom. The fraction of sp³-hybridized carbons (Fsp3) is 0.429. The molecule has 0 aliphatic carbocycles. The zero-order valence-corrected chi connectivity index (χ0v) is 9.01. The molecule has 0 aliphatic heterocycles. The SMILES string of the molecule is CCCn1ncc(C#N)c1S(=O)(=O)Cl. The minimum atomic E-state index is -3.90. The molecule has 0 spiro atoms. The molecule has 1 aromatic rings. The lowest BCUT2D eigenvalue weighted by Gasteiger charge is -2.01. The quantitative estimate of drug-likeness (QED) is 0.733. The molecule has 0 fully saturated rings. The number of aromatic nitrogens is 2. The van der Waals surface area contributed by atoms with Crippen LogP contribution in [-0.2, 0) is 15.6 Å². The maximum Gasteiger partial charge on any atom is 0.279 e. The van der Waals surface area contributed by atoms with E-state index in [1.807, 2.05) is 6.92 Å². The van der Waals surface area contributed by atoms with E-state index in [1.165, 1.54) is 10.9 Å². The van der Waals surface area contributed by atoms with Gasteiger partial charge in [0.05, 0.1) is 6.20 Å². The summed E-state index contributed by atoms with van der Waals surface area (Å²) >= 11 is 0. The molecule has 0 atom stereocenters. The maximum absolute atomic E-state index is 11.1. The van der Waals surface area contributed by atoms with Crippen molar-refractivity contribution in [3.63, 3.8) is 0 Å². The number of nitriles is 1. The normalized spacial score (nSPS) is 11.2. The van der Waals surface area contributed by atoms with Gasteiger partial charge in [-0.15, -0.1) is 0 Å². The van der Waals surface area contributed by atoms with Crippen molar-refractivity contribution in [1.29, 1.82) is 5.26 Å². The van der Waals surface area contributed by atoms with Crippen LogP contribution in [0.3, 0.4) is 0 Å². The van der Waals surface area contributed by atoms with Crippen molar-refractivity contribution in [2.45, 2.75) is 24.9 Å². The molecule has 7 heteroatoms. The Hall–Kier alpha value is -1.06. The van der Waals surface area contributed by atoms with E-state index in [0.29, 0.717) is 13.0 Å². The summed E-state index contributed by atoms with van der Waals surface area (Å²) in [6, 6.07) is 1.73. The third kappa shape index (κ3) is 2.05. The number of halogens is 1. The fourth-order valence-electron chi connectivity index (χ4n) is 1.08. The molecule has 0 radical (unpaired) electrons. The molecule has 0 unspecified atom stereocenters. The summed E-state index contributed by atoms with van der Waals surface area (Å²) in [4.78, 5) is 0. The highest BCUT2D eigenvalue weighted by molar-refractivity contribution is 8.13. The first-order valence-corrected chi connectivity index (χ1v) is 6.22. The molecule has 0 amide bonds. The molecular formula is C7H8ClN3O2S. The van der Waals surface area contributed by atoms with E-state index >= 15 is 0 Å². The molecule has 0 bridgehead atoms. The topological polar surface area (TPSA) is 75.8 Å². The van der Waals surface area contributed by atoms with Crippen molar-refractivity contribution in [2.24, 2.45) is 0 Å². The zero-order chi connectivity index (χ0) is 10.8. The smallest absolute Gasteiger partial charge is 0.252 e. The highest BCUT2D eigenvalue weighted by atomic mass is 35.7. The second-order valence-corrected chi connectivity index (χ2v) is 5.12. The Morgan fingerprint density at radius 1 is 1.71 bits per heavy atom. The Morgan fingerprint density at radius 3 is 2.79 bits per heavy atom. The van der Waals surface area contributed by atoms with Crippen LogP contribution < -0.4 is 0 Å². The third-order valence-corrected chi connectivity index (χ3v) is 2.91. The van der Waals surface area contributed by atoms with Crippen LogP contribution in [0, 0.1) is 11.3 Å². The summed E-state index contributed by atoms with van der Waals surface area (Å²) in [5.74, 6) is 0.